The van der Waals surface area contributed by atoms with Gasteiger partial charge >= 0.3 is 0 Å². The van der Waals surface area contributed by atoms with Gasteiger partial charge < -0.3 is 10.5 Å². The number of methoxy groups -OCH3 is 1. The van der Waals surface area contributed by atoms with Gasteiger partial charge in [0, 0.05) is 33.4 Å². The molecule has 0 unspecified atom stereocenters. The fourth-order valence-electron chi connectivity index (χ4n) is 6.12. The molecule has 2 aliphatic carbocycles. The largest absolute Gasteiger partial charge is 0.495 e. The minimum atomic E-state index is 0.0894. The Hall–Kier alpha value is -4.40. The Morgan fingerprint density at radius 2 is 1.11 bits per heavy atom. The summed E-state index contributed by atoms with van der Waals surface area (Å²) in [6.07, 6.45) is 0. The van der Waals surface area contributed by atoms with Crippen molar-refractivity contribution in [2.24, 2.45) is 0 Å². The Morgan fingerprint density at radius 3 is 1.63 bits per heavy atom. The van der Waals surface area contributed by atoms with Crippen LogP contribution in [0.25, 0.3) is 32.7 Å². The Kier molecular flexibility index (Phi) is 5.98. The number of hydrogen-bond acceptors (Lipinski definition) is 1. The van der Waals surface area contributed by atoms with Crippen molar-refractivity contribution in [3.63, 3.8) is 0 Å². The minimum Gasteiger partial charge on any atom is -0.495 e. The zero-order valence-corrected chi connectivity index (χ0v) is 22.2. The zero-order chi connectivity index (χ0) is 26.4. The third-order valence-electron chi connectivity index (χ3n) is 7.74. The van der Waals surface area contributed by atoms with Gasteiger partial charge in [-0.1, -0.05) is 117 Å². The van der Waals surface area contributed by atoms with E-state index in [-0.39, 0.29) is 6.04 Å². The van der Waals surface area contributed by atoms with Crippen molar-refractivity contribution in [3.8, 4) is 0 Å². The molecular weight excluding hydrogens is 462 g/mol. The highest BCUT2D eigenvalue weighted by Crippen LogP contribution is 2.54. The normalized spacial score (nSPS) is 16.0. The molecule has 0 spiro atoms. The van der Waals surface area contributed by atoms with Crippen molar-refractivity contribution in [1.82, 2.24) is 0 Å². The second-order valence-electron chi connectivity index (χ2n) is 9.56. The van der Waals surface area contributed by atoms with Gasteiger partial charge in [-0.05, 0) is 44.3 Å². The maximum atomic E-state index is 6.19. The molecule has 0 aromatic heterocycles. The molecular formula is C36H32NO+. The molecule has 0 amide bonds. The smallest absolute Gasteiger partial charge is 0.137 e. The molecule has 7 rings (SSSR count). The summed E-state index contributed by atoms with van der Waals surface area (Å²) in [5, 5.41) is 4.87. The second-order valence-corrected chi connectivity index (χ2v) is 9.56. The van der Waals surface area contributed by atoms with Crippen molar-refractivity contribution < 1.29 is 10.5 Å². The van der Waals surface area contributed by atoms with Crippen LogP contribution in [0.1, 0.15) is 47.7 Å². The van der Waals surface area contributed by atoms with E-state index in [2.05, 4.69) is 115 Å². The van der Waals surface area contributed by atoms with E-state index in [1.165, 1.54) is 54.9 Å². The molecule has 0 aliphatic heterocycles. The summed E-state index contributed by atoms with van der Waals surface area (Å²) in [4.78, 5) is 0. The summed E-state index contributed by atoms with van der Waals surface area (Å²) >= 11 is 0. The molecule has 0 heterocycles. The molecule has 2 nitrogen and oxygen atoms in total. The summed E-state index contributed by atoms with van der Waals surface area (Å²) in [6, 6.07) is 36.8. The highest BCUT2D eigenvalue weighted by Gasteiger charge is 2.39. The molecule has 2 heteroatoms. The maximum Gasteiger partial charge on any atom is 0.137 e. The molecule has 0 radical (unpaired) electrons. The minimum absolute atomic E-state index is 0.0894. The van der Waals surface area contributed by atoms with E-state index in [0.29, 0.717) is 0 Å². The standard InChI is InChI=1S/C34H25NO.C2H6/c1-20-29(31-23-13-5-3-11-21(23)19-22-12-4-6-14-24(22)31)34(36-2)30(20)32-25-15-7-9-17-27(25)33(35)28-18-10-8-16-26(28)32;1-2/h3-19,33H,1,35H2,2H3;1-2H3/p+1. The van der Waals surface area contributed by atoms with Gasteiger partial charge in [-0.25, -0.2) is 0 Å². The zero-order valence-electron chi connectivity index (χ0n) is 22.2. The lowest BCUT2D eigenvalue weighted by molar-refractivity contribution is -0.412. The van der Waals surface area contributed by atoms with Crippen LogP contribution >= 0.6 is 0 Å². The molecule has 0 fully saturated rings. The van der Waals surface area contributed by atoms with Crippen LogP contribution in [-0.2, 0) is 4.74 Å². The Bertz CT molecular complexity index is 1700. The van der Waals surface area contributed by atoms with Crippen LogP contribution in [-0.4, -0.2) is 7.11 Å². The van der Waals surface area contributed by atoms with Crippen LogP contribution in [0.15, 0.2) is 127 Å². The lowest BCUT2D eigenvalue weighted by Gasteiger charge is -2.35. The first-order valence-corrected chi connectivity index (χ1v) is 13.3. The molecule has 2 aliphatic rings. The lowest BCUT2D eigenvalue weighted by atomic mass is 9.70. The van der Waals surface area contributed by atoms with Crippen LogP contribution < -0.4 is 5.73 Å². The van der Waals surface area contributed by atoms with E-state index < -0.39 is 0 Å². The third-order valence-corrected chi connectivity index (χ3v) is 7.74. The molecule has 38 heavy (non-hydrogen) atoms. The van der Waals surface area contributed by atoms with Gasteiger partial charge in [0.25, 0.3) is 0 Å². The Balaban J connectivity index is 0.00000129. The highest BCUT2D eigenvalue weighted by atomic mass is 16.5. The molecule has 186 valence electrons. The third kappa shape index (κ3) is 3.38. The van der Waals surface area contributed by atoms with Gasteiger partial charge in [0.15, 0.2) is 0 Å². The van der Waals surface area contributed by atoms with Gasteiger partial charge in [0.1, 0.15) is 11.8 Å². The quantitative estimate of drug-likeness (QED) is 0.247. The fourth-order valence-corrected chi connectivity index (χ4v) is 6.12. The van der Waals surface area contributed by atoms with E-state index in [9.17, 15) is 0 Å². The number of rotatable bonds is 2. The van der Waals surface area contributed by atoms with Crippen molar-refractivity contribution in [2.45, 2.75) is 19.9 Å². The number of ether oxygens (including phenoxy) is 1. The topological polar surface area (TPSA) is 36.9 Å². The molecule has 0 bridgehead atoms. The fraction of sp³-hybridized carbons (Fsp3) is 0.111. The first kappa shape index (κ1) is 24.0. The van der Waals surface area contributed by atoms with Crippen LogP contribution in [0.5, 0.6) is 0 Å². The van der Waals surface area contributed by atoms with Gasteiger partial charge in [-0.3, -0.25) is 0 Å². The van der Waals surface area contributed by atoms with E-state index >= 15 is 0 Å². The Labute approximate surface area is 224 Å². The van der Waals surface area contributed by atoms with Gasteiger partial charge in [-0.15, -0.1) is 0 Å². The highest BCUT2D eigenvalue weighted by molar-refractivity contribution is 6.17. The molecule has 3 N–H and O–H groups in total. The van der Waals surface area contributed by atoms with E-state index in [1.807, 2.05) is 13.8 Å². The predicted molar refractivity (Wildman–Crippen MR) is 160 cm³/mol. The number of allylic oxidation sites excluding steroid dienone is 2. The second kappa shape index (κ2) is 9.48. The van der Waals surface area contributed by atoms with Gasteiger partial charge in [0.2, 0.25) is 0 Å². The lowest BCUT2D eigenvalue weighted by Crippen LogP contribution is -2.55. The van der Waals surface area contributed by atoms with Crippen LogP contribution in [0.2, 0.25) is 0 Å². The first-order valence-electron chi connectivity index (χ1n) is 13.3. The maximum absolute atomic E-state index is 6.19. The van der Waals surface area contributed by atoms with E-state index in [4.69, 9.17) is 4.74 Å². The molecule has 5 aromatic carbocycles. The number of benzene rings is 5. The average Bonchev–Trinajstić information content (AvgIpc) is 2.98. The SMILES string of the molecule is C=C1C(=C2c3ccccc3C([NH3+])c3ccccc32)C(OC)=C1c1c2ccccc2cc2ccccc12.CC. The van der Waals surface area contributed by atoms with Crippen LogP contribution in [0, 0.1) is 0 Å². The molecule has 0 atom stereocenters. The first-order chi connectivity index (χ1) is 18.7. The van der Waals surface area contributed by atoms with Crippen molar-refractivity contribution >= 4 is 32.7 Å². The predicted octanol–water partition coefficient (Wildman–Crippen LogP) is 8.09. The number of hydrogen-bond donors (Lipinski definition) is 1. The van der Waals surface area contributed by atoms with E-state index in [0.717, 1.165) is 22.5 Å². The molecule has 5 aromatic rings. The molecule has 0 saturated heterocycles. The van der Waals surface area contributed by atoms with Crippen LogP contribution in [0.3, 0.4) is 0 Å². The van der Waals surface area contributed by atoms with E-state index in [1.54, 1.807) is 7.11 Å². The summed E-state index contributed by atoms with van der Waals surface area (Å²) in [5.41, 5.74) is 15.0. The summed E-state index contributed by atoms with van der Waals surface area (Å²) < 4.78 is 6.19. The monoisotopic (exact) mass is 494 g/mol. The molecule has 0 saturated carbocycles. The number of fused-ring (bicyclic) bond motifs is 4. The van der Waals surface area contributed by atoms with Crippen molar-refractivity contribution in [2.75, 3.05) is 7.11 Å². The van der Waals surface area contributed by atoms with Crippen molar-refractivity contribution in [3.05, 3.63) is 154 Å². The average molecular weight is 495 g/mol. The summed E-state index contributed by atoms with van der Waals surface area (Å²) in [7, 11) is 1.78. The van der Waals surface area contributed by atoms with Gasteiger partial charge in [0.05, 0.1) is 7.11 Å². The summed E-state index contributed by atoms with van der Waals surface area (Å²) in [6.45, 7) is 8.64. The Morgan fingerprint density at radius 1 is 0.632 bits per heavy atom. The van der Waals surface area contributed by atoms with Crippen LogP contribution in [0.4, 0.5) is 0 Å². The van der Waals surface area contributed by atoms with Gasteiger partial charge in [-0.2, -0.15) is 0 Å². The van der Waals surface area contributed by atoms with Crippen molar-refractivity contribution in [1.29, 1.82) is 0 Å². The summed E-state index contributed by atoms with van der Waals surface area (Å²) in [5.74, 6) is 0.906. The number of quaternary nitrogens is 1.